The average molecular weight is 575 g/mol. The summed E-state index contributed by atoms with van der Waals surface area (Å²) in [6.07, 6.45) is 12.4. The zero-order valence-corrected chi connectivity index (χ0v) is 25.7. The first-order valence-electron chi connectivity index (χ1n) is 11.0. The van der Waals surface area contributed by atoms with Crippen LogP contribution in [0, 0.1) is 13.0 Å². The van der Waals surface area contributed by atoms with Gasteiger partial charge in [-0.3, -0.25) is 0 Å². The normalized spacial score (nSPS) is 7.83. The zero-order valence-electron chi connectivity index (χ0n) is 20.1. The van der Waals surface area contributed by atoms with Crippen LogP contribution in [0.5, 0.6) is 0 Å². The van der Waals surface area contributed by atoms with E-state index in [9.17, 15) is 0 Å². The van der Waals surface area contributed by atoms with E-state index in [0.717, 1.165) is 32.5 Å². The van der Waals surface area contributed by atoms with Crippen LogP contribution in [-0.4, -0.2) is 13.2 Å². The van der Waals surface area contributed by atoms with E-state index in [1.807, 2.05) is 12.1 Å². The van der Waals surface area contributed by atoms with Crippen molar-refractivity contribution in [2.45, 2.75) is 121 Å². The van der Waals surface area contributed by atoms with Crippen molar-refractivity contribution in [2.24, 2.45) is 0 Å². The molecule has 0 saturated carbocycles. The fourth-order valence-corrected chi connectivity index (χ4v) is 1.69. The van der Waals surface area contributed by atoms with Gasteiger partial charge in [0.2, 0.25) is 0 Å². The number of ether oxygens (including phenoxy) is 1. The van der Waals surface area contributed by atoms with Gasteiger partial charge in [-0.1, -0.05) is 101 Å². The molecule has 0 amide bonds. The summed E-state index contributed by atoms with van der Waals surface area (Å²) in [4.78, 5) is 0. The number of rotatable bonds is 10. The van der Waals surface area contributed by atoms with E-state index in [1.54, 1.807) is 0 Å². The molecule has 0 atom stereocenters. The Morgan fingerprint density at radius 2 is 1.17 bits per heavy atom. The minimum absolute atomic E-state index is 0. The molecular weight excluding hydrogens is 518 g/mol. The molecule has 1 aromatic carbocycles. The predicted octanol–water partition coefficient (Wildman–Crippen LogP) is 9.74. The molecule has 178 valence electrons. The second kappa shape index (κ2) is 52.4. The van der Waals surface area contributed by atoms with Crippen molar-refractivity contribution in [2.75, 3.05) is 13.2 Å². The zero-order chi connectivity index (χ0) is 20.3. The molecule has 1 nitrogen and oxygen atoms in total. The van der Waals surface area contributed by atoms with Crippen LogP contribution in [0.25, 0.3) is 0 Å². The molecule has 0 saturated heterocycles. The van der Waals surface area contributed by atoms with E-state index in [-0.39, 0.29) is 80.3 Å². The Kier molecular flexibility index (Phi) is 85.1. The van der Waals surface area contributed by atoms with Gasteiger partial charge in [0, 0.05) is 78.6 Å². The van der Waals surface area contributed by atoms with Crippen LogP contribution in [-0.2, 0) is 76.6 Å². The van der Waals surface area contributed by atoms with Gasteiger partial charge in [0.05, 0.1) is 0 Å². The average Bonchev–Trinajstić information content (AvgIpc) is 2.69. The van der Waals surface area contributed by atoms with Crippen LogP contribution < -0.4 is 0 Å². The van der Waals surface area contributed by atoms with Crippen LogP contribution in [0.3, 0.4) is 0 Å². The third-order valence-corrected chi connectivity index (χ3v) is 3.38. The molecule has 0 fully saturated rings. The second-order valence-electron chi connectivity index (χ2n) is 6.33. The maximum absolute atomic E-state index is 5.13. The van der Waals surface area contributed by atoms with Gasteiger partial charge in [-0.05, 0) is 12.8 Å². The topological polar surface area (TPSA) is 9.23 Å². The van der Waals surface area contributed by atoms with Gasteiger partial charge >= 0.3 is 0 Å². The molecule has 0 spiro atoms. The van der Waals surface area contributed by atoms with Crippen LogP contribution in [0.15, 0.2) is 24.3 Å². The van der Waals surface area contributed by atoms with Gasteiger partial charge in [0.1, 0.15) is 0 Å². The van der Waals surface area contributed by atoms with Crippen LogP contribution in [0.2, 0.25) is 0 Å². The molecule has 3 heteroatoms. The molecule has 0 unspecified atom stereocenters. The first kappa shape index (κ1) is 48.7. The Bertz CT molecular complexity index is 295. The molecule has 0 aliphatic rings. The minimum Gasteiger partial charge on any atom is -0.381 e. The largest absolute Gasteiger partial charge is 0.381 e. The molecule has 0 N–H and O–H groups in total. The second-order valence-corrected chi connectivity index (χ2v) is 6.33. The van der Waals surface area contributed by atoms with E-state index in [2.05, 4.69) is 66.7 Å². The van der Waals surface area contributed by atoms with Crippen molar-refractivity contribution in [3.63, 3.8) is 0 Å². The fraction of sp³-hybridized carbons (Fsp3) is 0.741. The van der Waals surface area contributed by atoms with E-state index in [0.29, 0.717) is 0 Å². The van der Waals surface area contributed by atoms with Gasteiger partial charge in [-0.15, -0.1) is 0 Å². The molecule has 0 bridgehead atoms. The van der Waals surface area contributed by atoms with Crippen molar-refractivity contribution >= 4 is 0 Å². The Morgan fingerprint density at radius 1 is 0.700 bits per heavy atom. The molecular formula is C27H56OY2-2. The molecule has 0 aromatic heterocycles. The van der Waals surface area contributed by atoms with E-state index in [1.165, 1.54) is 50.5 Å². The maximum Gasteiger partial charge on any atom is 0.0463 e. The Morgan fingerprint density at radius 3 is 1.43 bits per heavy atom. The van der Waals surface area contributed by atoms with Gasteiger partial charge < -0.3 is 11.7 Å². The van der Waals surface area contributed by atoms with Crippen molar-refractivity contribution in [1.82, 2.24) is 0 Å². The summed E-state index contributed by atoms with van der Waals surface area (Å²) in [6.45, 7) is 18.6. The minimum atomic E-state index is 0. The van der Waals surface area contributed by atoms with Crippen LogP contribution >= 0.6 is 0 Å². The van der Waals surface area contributed by atoms with Gasteiger partial charge in [-0.25, -0.2) is 0 Å². The number of benzene rings is 1. The third-order valence-electron chi connectivity index (χ3n) is 3.38. The summed E-state index contributed by atoms with van der Waals surface area (Å²) in [5, 5.41) is 0. The summed E-state index contributed by atoms with van der Waals surface area (Å²) in [6, 6.07) is 11.1. The summed E-state index contributed by atoms with van der Waals surface area (Å²) in [7, 11) is 0. The summed E-state index contributed by atoms with van der Waals surface area (Å²) in [5.74, 6) is 0. The van der Waals surface area contributed by atoms with Crippen molar-refractivity contribution in [1.29, 1.82) is 0 Å². The number of aryl methyl sites for hydroxylation is 1. The molecule has 1 aromatic rings. The van der Waals surface area contributed by atoms with Gasteiger partial charge in [0.25, 0.3) is 0 Å². The monoisotopic (exact) mass is 574 g/mol. The third kappa shape index (κ3) is 57.0. The van der Waals surface area contributed by atoms with E-state index < -0.39 is 0 Å². The van der Waals surface area contributed by atoms with Crippen molar-refractivity contribution < 1.29 is 70.2 Å². The molecule has 2 radical (unpaired) electrons. The van der Waals surface area contributed by atoms with Gasteiger partial charge in [-0.2, -0.15) is 42.3 Å². The number of unbranched alkanes of at least 4 members (excludes halogenated alkanes) is 4. The molecule has 0 aliphatic carbocycles. The molecule has 1 rings (SSSR count). The fourth-order valence-electron chi connectivity index (χ4n) is 1.69. The van der Waals surface area contributed by atoms with E-state index in [4.69, 9.17) is 4.74 Å². The number of hydrogen-bond donors (Lipinski definition) is 0. The van der Waals surface area contributed by atoms with E-state index >= 15 is 0 Å². The van der Waals surface area contributed by atoms with Crippen molar-refractivity contribution in [3.8, 4) is 0 Å². The summed E-state index contributed by atoms with van der Waals surface area (Å²) < 4.78 is 5.13. The predicted molar refractivity (Wildman–Crippen MR) is 134 cm³/mol. The standard InChI is InChI=1S/C9H11.C6H14O.C6H13.C4H10.2CH4.2Y/c1-2-6-9-7-4-3-5-8-9;1-3-5-7-6-4-2;1-3-5-6-4-2;1-3-4-2;;;;/h4-5,7-8H,2,6H2,1H3;3-6H2,1-2H3;1,3-6H2,2H3;3-4H2,1-2H3;2*1H4;;/q-1;;-1;;;;;. The summed E-state index contributed by atoms with van der Waals surface area (Å²) >= 11 is 0. The van der Waals surface area contributed by atoms with Crippen LogP contribution in [0.1, 0.15) is 120 Å². The summed E-state index contributed by atoms with van der Waals surface area (Å²) in [5.41, 5.74) is 1.41. The van der Waals surface area contributed by atoms with Crippen LogP contribution in [0.4, 0.5) is 0 Å². The quantitative estimate of drug-likeness (QED) is 0.200. The first-order chi connectivity index (χ1) is 12.7. The first-order valence-corrected chi connectivity index (χ1v) is 11.0. The Labute approximate surface area is 244 Å². The maximum atomic E-state index is 5.13. The molecule has 30 heavy (non-hydrogen) atoms. The SMILES string of the molecule is C.C.CCCC.CCCOCCC.CCCc1cc[c-]cc1.[CH2-]CCCCC.[Y].[Y]. The Hall–Kier alpha value is 1.39. The molecule has 0 aliphatic heterocycles. The van der Waals surface area contributed by atoms with Crippen molar-refractivity contribution in [3.05, 3.63) is 42.8 Å². The number of hydrogen-bond acceptors (Lipinski definition) is 1. The molecule has 0 heterocycles. The Balaban J connectivity index is -0.0000000466. The smallest absolute Gasteiger partial charge is 0.0463 e. The van der Waals surface area contributed by atoms with Gasteiger partial charge in [0.15, 0.2) is 0 Å².